The molecule has 2 aliphatic rings. The monoisotopic (exact) mass is 564 g/mol. The average molecular weight is 565 g/mol. The Labute approximate surface area is 234 Å². The van der Waals surface area contributed by atoms with Crippen LogP contribution in [0.3, 0.4) is 0 Å². The van der Waals surface area contributed by atoms with Crippen LogP contribution in [0.25, 0.3) is 11.4 Å². The third kappa shape index (κ3) is 3.44. The van der Waals surface area contributed by atoms with Gasteiger partial charge in [0.05, 0.1) is 24.1 Å². The van der Waals surface area contributed by atoms with Gasteiger partial charge in [0.1, 0.15) is 17.4 Å². The Morgan fingerprint density at radius 2 is 1.74 bits per heavy atom. The number of hydrogen-bond acceptors (Lipinski definition) is 4. The summed E-state index contributed by atoms with van der Waals surface area (Å²) in [4.78, 5) is 34.9. The van der Waals surface area contributed by atoms with E-state index in [-0.39, 0.29) is 17.5 Å². The second kappa shape index (κ2) is 8.83. The quantitative estimate of drug-likeness (QED) is 0.297. The van der Waals surface area contributed by atoms with Crippen molar-refractivity contribution in [2.24, 2.45) is 0 Å². The molecule has 1 aromatic heterocycles. The van der Waals surface area contributed by atoms with Crippen LogP contribution in [-0.4, -0.2) is 28.5 Å². The Kier molecular flexibility index (Phi) is 5.75. The van der Waals surface area contributed by atoms with Gasteiger partial charge in [0.25, 0.3) is 11.8 Å². The maximum absolute atomic E-state index is 14.4. The number of hydrogen-bond donors (Lipinski definition) is 1. The van der Waals surface area contributed by atoms with Gasteiger partial charge in [-0.1, -0.05) is 35.3 Å². The van der Waals surface area contributed by atoms with Crippen LogP contribution < -0.4 is 15.0 Å². The fourth-order valence-electron chi connectivity index (χ4n) is 5.68. The van der Waals surface area contributed by atoms with Crippen molar-refractivity contribution >= 4 is 46.4 Å². The molecule has 3 aromatic carbocycles. The minimum atomic E-state index is -1.61. The number of amides is 2. The molecule has 4 aromatic rings. The van der Waals surface area contributed by atoms with Crippen LogP contribution in [0.1, 0.15) is 47.2 Å². The summed E-state index contributed by atoms with van der Waals surface area (Å²) in [6.45, 7) is 5.72. The van der Waals surface area contributed by atoms with Crippen LogP contribution in [0, 0.1) is 12.7 Å². The molecule has 0 unspecified atom stereocenters. The molecule has 198 valence electrons. The predicted molar refractivity (Wildman–Crippen MR) is 148 cm³/mol. The molecule has 0 aliphatic carbocycles. The molecule has 7 nitrogen and oxygen atoms in total. The predicted octanol–water partition coefficient (Wildman–Crippen LogP) is 6.75. The number of aromatic nitrogens is 2. The van der Waals surface area contributed by atoms with E-state index >= 15 is 0 Å². The second-order valence-corrected chi connectivity index (χ2v) is 10.7. The molecule has 1 spiro atoms. The van der Waals surface area contributed by atoms with Crippen molar-refractivity contribution in [3.05, 3.63) is 93.0 Å². The number of nitrogens with one attached hydrogen (secondary N) is 1. The van der Waals surface area contributed by atoms with Crippen LogP contribution >= 0.6 is 23.2 Å². The lowest BCUT2D eigenvalue weighted by atomic mass is 9.86. The van der Waals surface area contributed by atoms with Crippen molar-refractivity contribution in [2.75, 3.05) is 17.3 Å². The number of fused-ring (bicyclic) bond motifs is 4. The Morgan fingerprint density at radius 1 is 1.03 bits per heavy atom. The molecule has 1 atom stereocenters. The first-order valence-electron chi connectivity index (χ1n) is 12.3. The molecule has 0 radical (unpaired) electrons. The lowest BCUT2D eigenvalue weighted by Crippen LogP contribution is -2.51. The first-order valence-corrected chi connectivity index (χ1v) is 13.0. The molecule has 6 rings (SSSR count). The van der Waals surface area contributed by atoms with Crippen molar-refractivity contribution in [2.45, 2.75) is 32.4 Å². The molecule has 2 aliphatic heterocycles. The Hall–Kier alpha value is -3.88. The van der Waals surface area contributed by atoms with E-state index in [1.165, 1.54) is 24.1 Å². The second-order valence-electron chi connectivity index (χ2n) is 9.87. The number of rotatable bonds is 4. The van der Waals surface area contributed by atoms with Crippen molar-refractivity contribution < 1.29 is 18.7 Å². The van der Waals surface area contributed by atoms with Crippen LogP contribution in [0.2, 0.25) is 10.0 Å². The molecule has 2 amide bonds. The summed E-state index contributed by atoms with van der Waals surface area (Å²) in [5.41, 5.74) is 1.70. The van der Waals surface area contributed by atoms with E-state index in [2.05, 4.69) is 5.32 Å². The zero-order chi connectivity index (χ0) is 27.8. The number of carbonyl (C=O) groups is 2. The minimum absolute atomic E-state index is 0.113. The largest absolute Gasteiger partial charge is 0.496 e. The topological polar surface area (TPSA) is 76.5 Å². The summed E-state index contributed by atoms with van der Waals surface area (Å²) in [6.07, 6.45) is 0. The summed E-state index contributed by atoms with van der Waals surface area (Å²) >= 11 is 12.7. The molecule has 10 heteroatoms. The number of anilines is 2. The summed E-state index contributed by atoms with van der Waals surface area (Å²) in [6, 6.07) is 14.2. The average Bonchev–Trinajstić information content (AvgIpc) is 3.49. The Morgan fingerprint density at radius 3 is 2.46 bits per heavy atom. The number of halogens is 3. The molecule has 0 fully saturated rings. The smallest absolute Gasteiger partial charge is 0.280 e. The zero-order valence-electron chi connectivity index (χ0n) is 21.5. The number of imidazole rings is 1. The van der Waals surface area contributed by atoms with Gasteiger partial charge >= 0.3 is 0 Å². The maximum Gasteiger partial charge on any atom is 0.280 e. The number of ether oxygens (including phenoxy) is 1. The molecular formula is C29H23Cl2FN4O3. The third-order valence-electron chi connectivity index (χ3n) is 7.28. The third-order valence-corrected chi connectivity index (χ3v) is 7.75. The van der Waals surface area contributed by atoms with E-state index in [4.69, 9.17) is 32.9 Å². The maximum atomic E-state index is 14.4. The van der Waals surface area contributed by atoms with Gasteiger partial charge in [-0.2, -0.15) is 0 Å². The Bertz CT molecular complexity index is 1720. The number of nitrogens with zero attached hydrogens (tertiary/aromatic N) is 3. The molecule has 1 N–H and O–H groups in total. The fraction of sp³-hybridized carbons (Fsp3) is 0.207. The summed E-state index contributed by atoms with van der Waals surface area (Å²) in [5.74, 6) is -0.715. The summed E-state index contributed by atoms with van der Waals surface area (Å²) < 4.78 is 21.4. The SMILES string of the molecule is COc1cc(F)ccc1-c1nc2c(n1C(C)C)[C@]1(C(=O)Nc3cc(Cl)ccc31)N(c1cc(Cl)ccc1C)C2=O. The molecule has 0 saturated heterocycles. The van der Waals surface area contributed by atoms with E-state index in [0.717, 1.165) is 5.56 Å². The van der Waals surface area contributed by atoms with Gasteiger partial charge in [-0.15, -0.1) is 0 Å². The van der Waals surface area contributed by atoms with Crippen molar-refractivity contribution in [3.8, 4) is 17.1 Å². The van der Waals surface area contributed by atoms with Crippen molar-refractivity contribution in [1.82, 2.24) is 9.55 Å². The van der Waals surface area contributed by atoms with Crippen molar-refractivity contribution in [1.29, 1.82) is 0 Å². The van der Waals surface area contributed by atoms with Crippen LogP contribution in [0.15, 0.2) is 54.6 Å². The first kappa shape index (κ1) is 25.4. The highest BCUT2D eigenvalue weighted by molar-refractivity contribution is 6.32. The van der Waals surface area contributed by atoms with Gasteiger partial charge in [0, 0.05) is 33.4 Å². The van der Waals surface area contributed by atoms with E-state index in [1.807, 2.05) is 25.3 Å². The minimum Gasteiger partial charge on any atom is -0.496 e. The molecule has 0 saturated carbocycles. The van der Waals surface area contributed by atoms with E-state index in [0.29, 0.717) is 44.1 Å². The van der Waals surface area contributed by atoms with Gasteiger partial charge in [-0.05, 0) is 62.7 Å². The highest BCUT2D eigenvalue weighted by Crippen LogP contribution is 2.55. The first-order chi connectivity index (χ1) is 18.6. The lowest BCUT2D eigenvalue weighted by Gasteiger charge is -2.36. The number of aryl methyl sites for hydroxylation is 1. The fourth-order valence-corrected chi connectivity index (χ4v) is 6.01. The number of methoxy groups -OCH3 is 1. The van der Waals surface area contributed by atoms with Crippen molar-refractivity contribution in [3.63, 3.8) is 0 Å². The standard InChI is InChI=1S/C29H23Cl2FN4O3/c1-14(2)35-25-24(34-26(35)19-9-8-18(32)13-23(19)39-4)27(37)36(22-12-17(31)6-5-15(22)3)29(25)20-10-7-16(30)11-21(20)33-28(29)38/h5-14H,1-4H3,(H,33,38)/t29-/m1/s1. The molecular weight excluding hydrogens is 542 g/mol. The summed E-state index contributed by atoms with van der Waals surface area (Å²) in [5, 5.41) is 3.80. The van der Waals surface area contributed by atoms with E-state index in [1.54, 1.807) is 42.5 Å². The van der Waals surface area contributed by atoms with E-state index < -0.39 is 23.2 Å². The molecule has 3 heterocycles. The van der Waals surface area contributed by atoms with Crippen LogP contribution in [0.5, 0.6) is 5.75 Å². The van der Waals surface area contributed by atoms with Gasteiger partial charge in [-0.3, -0.25) is 14.5 Å². The molecule has 0 bridgehead atoms. The van der Waals surface area contributed by atoms with Gasteiger partial charge in [0.2, 0.25) is 0 Å². The van der Waals surface area contributed by atoms with Gasteiger partial charge in [0.15, 0.2) is 11.2 Å². The Balaban J connectivity index is 1.74. The van der Waals surface area contributed by atoms with Gasteiger partial charge in [-0.25, -0.2) is 9.37 Å². The highest BCUT2D eigenvalue weighted by atomic mass is 35.5. The molecule has 39 heavy (non-hydrogen) atoms. The van der Waals surface area contributed by atoms with Gasteiger partial charge < -0.3 is 14.6 Å². The van der Waals surface area contributed by atoms with Crippen LogP contribution in [0.4, 0.5) is 15.8 Å². The lowest BCUT2D eigenvalue weighted by molar-refractivity contribution is -0.119. The van der Waals surface area contributed by atoms with Crippen LogP contribution in [-0.2, 0) is 10.3 Å². The summed E-state index contributed by atoms with van der Waals surface area (Å²) in [7, 11) is 1.44. The zero-order valence-corrected chi connectivity index (χ0v) is 23.0. The number of benzene rings is 3. The number of carbonyl (C=O) groups excluding carboxylic acids is 2. The van der Waals surface area contributed by atoms with E-state index in [9.17, 15) is 14.0 Å². The highest BCUT2D eigenvalue weighted by Gasteiger charge is 2.64. The normalized spacial score (nSPS) is 17.7.